The molecule has 0 saturated carbocycles. The number of alkyl halides is 4. The third-order valence-corrected chi connectivity index (χ3v) is 6.05. The first-order valence-electron chi connectivity index (χ1n) is 6.44. The number of aliphatic imine (C=N–C) groups is 1. The van der Waals surface area contributed by atoms with Crippen LogP contribution in [-0.2, 0) is 16.4 Å². The van der Waals surface area contributed by atoms with Crippen molar-refractivity contribution in [2.75, 3.05) is 11.5 Å². The van der Waals surface area contributed by atoms with Gasteiger partial charge in [0.2, 0.25) is 3.79 Å². The molecule has 2 rings (SSSR count). The van der Waals surface area contributed by atoms with Crippen molar-refractivity contribution >= 4 is 62.1 Å². The van der Waals surface area contributed by atoms with Gasteiger partial charge in [0.05, 0.1) is 29.5 Å². The van der Waals surface area contributed by atoms with Gasteiger partial charge in [-0.2, -0.15) is 0 Å². The van der Waals surface area contributed by atoms with E-state index in [4.69, 9.17) is 46.4 Å². The summed E-state index contributed by atoms with van der Waals surface area (Å²) in [4.78, 5) is 4.27. The fourth-order valence-electron chi connectivity index (χ4n) is 2.08. The molecule has 1 aromatic carbocycles. The van der Waals surface area contributed by atoms with Gasteiger partial charge in [-0.3, -0.25) is 4.99 Å². The van der Waals surface area contributed by atoms with E-state index in [1.165, 1.54) is 0 Å². The lowest BCUT2D eigenvalue weighted by Crippen LogP contribution is -2.46. The summed E-state index contributed by atoms with van der Waals surface area (Å²) in [6, 6.07) is 8.91. The van der Waals surface area contributed by atoms with E-state index < -0.39 is 25.0 Å². The van der Waals surface area contributed by atoms with Crippen LogP contribution in [0.4, 0.5) is 0 Å². The van der Waals surface area contributed by atoms with E-state index in [-0.39, 0.29) is 17.3 Å². The Balaban J connectivity index is 2.14. The number of hydrogen-bond donors (Lipinski definition) is 1. The van der Waals surface area contributed by atoms with E-state index in [0.717, 1.165) is 5.56 Å². The Morgan fingerprint density at radius 3 is 2.36 bits per heavy atom. The number of sulfone groups is 1. The summed E-state index contributed by atoms with van der Waals surface area (Å²) in [6.07, 6.45) is 0. The predicted octanol–water partition coefficient (Wildman–Crippen LogP) is 2.95. The number of benzene rings is 1. The molecule has 1 aliphatic rings. The van der Waals surface area contributed by atoms with Crippen molar-refractivity contribution in [3.05, 3.63) is 35.9 Å². The van der Waals surface area contributed by atoms with Crippen molar-refractivity contribution in [2.45, 2.75) is 21.8 Å². The Hall–Kier alpha value is -0.200. The molecule has 0 spiro atoms. The maximum atomic E-state index is 11.6. The van der Waals surface area contributed by atoms with Crippen LogP contribution < -0.4 is 5.32 Å². The fraction of sp³-hybridized carbons (Fsp3) is 0.462. The molecule has 9 heteroatoms. The van der Waals surface area contributed by atoms with Crippen molar-refractivity contribution in [3.8, 4) is 0 Å². The highest BCUT2D eigenvalue weighted by molar-refractivity contribution is 7.91. The molecule has 0 radical (unpaired) electrons. The van der Waals surface area contributed by atoms with Crippen LogP contribution in [0, 0.1) is 0 Å². The molecule has 1 aromatic rings. The monoisotopic (exact) mass is 402 g/mol. The Bertz CT molecular complexity index is 644. The van der Waals surface area contributed by atoms with Gasteiger partial charge in [-0.05, 0) is 5.56 Å². The van der Waals surface area contributed by atoms with Crippen LogP contribution in [0.1, 0.15) is 5.56 Å². The first kappa shape index (κ1) is 18.1. The van der Waals surface area contributed by atoms with E-state index >= 15 is 0 Å². The minimum absolute atomic E-state index is 0.0918. The van der Waals surface area contributed by atoms with Gasteiger partial charge in [0.25, 0.3) is 0 Å². The Labute approximate surface area is 149 Å². The van der Waals surface area contributed by atoms with Crippen LogP contribution in [0.2, 0.25) is 0 Å². The summed E-state index contributed by atoms with van der Waals surface area (Å²) in [5, 5.41) is 2.29. The zero-order chi connectivity index (χ0) is 16.4. The van der Waals surface area contributed by atoms with Crippen LogP contribution in [-0.4, -0.2) is 41.0 Å². The van der Waals surface area contributed by atoms with Gasteiger partial charge in [-0.25, -0.2) is 8.42 Å². The lowest BCUT2D eigenvalue weighted by molar-refractivity contribution is 0.600. The maximum Gasteiger partial charge on any atom is 0.247 e. The molecule has 1 aliphatic heterocycles. The normalized spacial score (nSPS) is 25.2. The van der Waals surface area contributed by atoms with Gasteiger partial charge in [0.1, 0.15) is 5.84 Å². The average molecular weight is 404 g/mol. The predicted molar refractivity (Wildman–Crippen MR) is 93.1 cm³/mol. The third kappa shape index (κ3) is 5.17. The van der Waals surface area contributed by atoms with Gasteiger partial charge >= 0.3 is 0 Å². The molecule has 1 saturated heterocycles. The molecule has 1 fully saturated rings. The molecule has 0 aromatic heterocycles. The van der Waals surface area contributed by atoms with E-state index in [1.54, 1.807) is 0 Å². The molecule has 0 unspecified atom stereocenters. The van der Waals surface area contributed by atoms with E-state index in [9.17, 15) is 8.42 Å². The van der Waals surface area contributed by atoms with Crippen LogP contribution in [0.25, 0.3) is 0 Å². The molecule has 1 heterocycles. The molecule has 0 amide bonds. The molecule has 0 bridgehead atoms. The number of rotatable bonds is 3. The number of halogens is 4. The highest BCUT2D eigenvalue weighted by atomic mass is 35.6. The Morgan fingerprint density at radius 1 is 1.23 bits per heavy atom. The van der Waals surface area contributed by atoms with Crippen molar-refractivity contribution in [2.24, 2.45) is 4.99 Å². The van der Waals surface area contributed by atoms with Gasteiger partial charge < -0.3 is 5.32 Å². The summed E-state index contributed by atoms with van der Waals surface area (Å²) < 4.78 is 21.4. The quantitative estimate of drug-likeness (QED) is 0.479. The number of hydrogen-bond acceptors (Lipinski definition) is 3. The zero-order valence-corrected chi connectivity index (χ0v) is 15.2. The second-order valence-electron chi connectivity index (χ2n) is 4.99. The second kappa shape index (κ2) is 7.14. The molecular formula is C13H14Cl4N2O2S. The molecule has 1 N–H and O–H groups in total. The van der Waals surface area contributed by atoms with Gasteiger partial charge in [0.15, 0.2) is 9.84 Å². The summed E-state index contributed by atoms with van der Waals surface area (Å²) in [5.74, 6) is -0.112. The molecule has 0 aliphatic carbocycles. The summed E-state index contributed by atoms with van der Waals surface area (Å²) in [6.45, 7) is 0.309. The smallest absolute Gasteiger partial charge is 0.247 e. The van der Waals surface area contributed by atoms with Crippen LogP contribution in [0.3, 0.4) is 0 Å². The molecule has 22 heavy (non-hydrogen) atoms. The lowest BCUT2D eigenvalue weighted by Gasteiger charge is -2.22. The van der Waals surface area contributed by atoms with Gasteiger partial charge in [-0.15, -0.1) is 11.6 Å². The average Bonchev–Trinajstić information content (AvgIpc) is 2.67. The van der Waals surface area contributed by atoms with Crippen LogP contribution in [0.15, 0.2) is 35.3 Å². The third-order valence-electron chi connectivity index (χ3n) is 3.14. The Morgan fingerprint density at radius 2 is 1.86 bits per heavy atom. The van der Waals surface area contributed by atoms with Crippen LogP contribution in [0.5, 0.6) is 0 Å². The Kier molecular flexibility index (Phi) is 5.89. The van der Waals surface area contributed by atoms with Crippen molar-refractivity contribution in [1.29, 1.82) is 0 Å². The molecule has 122 valence electrons. The highest BCUT2D eigenvalue weighted by Gasteiger charge is 2.39. The highest BCUT2D eigenvalue weighted by Crippen LogP contribution is 2.29. The van der Waals surface area contributed by atoms with Gasteiger partial charge in [-0.1, -0.05) is 65.1 Å². The van der Waals surface area contributed by atoms with Gasteiger partial charge in [0, 0.05) is 0 Å². The lowest BCUT2D eigenvalue weighted by atomic mass is 10.2. The minimum Gasteiger partial charge on any atom is -0.365 e. The second-order valence-corrected chi connectivity index (χ2v) is 9.99. The molecular weight excluding hydrogens is 390 g/mol. The van der Waals surface area contributed by atoms with E-state index in [2.05, 4.69) is 10.3 Å². The van der Waals surface area contributed by atoms with Crippen molar-refractivity contribution < 1.29 is 8.42 Å². The summed E-state index contributed by atoms with van der Waals surface area (Å²) in [5.41, 5.74) is 0.942. The van der Waals surface area contributed by atoms with Crippen molar-refractivity contribution in [1.82, 2.24) is 5.32 Å². The topological polar surface area (TPSA) is 58.5 Å². The van der Waals surface area contributed by atoms with E-state index in [0.29, 0.717) is 6.54 Å². The standard InChI is InChI=1S/C13H14Cl4N2O2S/c14-10-7-22(20,21)8-11(10)19-12(13(15,16)17)18-6-9-4-2-1-3-5-9/h1-5,10-11H,6-8H2,(H,18,19)/t10-,11+/m1/s1. The van der Waals surface area contributed by atoms with E-state index in [1.807, 2.05) is 30.3 Å². The SMILES string of the molecule is O=S1(=O)C[C@@H](Cl)[C@@H](NC(=NCc2ccccc2)C(Cl)(Cl)Cl)C1. The first-order valence-corrected chi connectivity index (χ1v) is 9.83. The largest absolute Gasteiger partial charge is 0.365 e. The van der Waals surface area contributed by atoms with Crippen molar-refractivity contribution in [3.63, 3.8) is 0 Å². The first-order chi connectivity index (χ1) is 10.2. The minimum atomic E-state index is -3.18. The fourth-order valence-corrected chi connectivity index (χ4v) is 4.98. The number of nitrogens with one attached hydrogen (secondary N) is 1. The number of nitrogens with zero attached hydrogens (tertiary/aromatic N) is 1. The molecule has 4 nitrogen and oxygen atoms in total. The summed E-state index contributed by atoms with van der Waals surface area (Å²) in [7, 11) is -3.18. The molecule has 2 atom stereocenters. The maximum absolute atomic E-state index is 11.6. The summed E-state index contributed by atoms with van der Waals surface area (Å²) >= 11 is 23.8. The van der Waals surface area contributed by atoms with Crippen LogP contribution >= 0.6 is 46.4 Å². The number of amidine groups is 1. The zero-order valence-electron chi connectivity index (χ0n) is 11.3.